The fraction of sp³-hybridized carbons (Fsp3) is 0.375. The first-order chi connectivity index (χ1) is 9.02. The van der Waals surface area contributed by atoms with Gasteiger partial charge in [0.25, 0.3) is 0 Å². The molecule has 0 aliphatic carbocycles. The number of aromatic nitrogens is 2. The van der Waals surface area contributed by atoms with E-state index in [0.717, 1.165) is 28.9 Å². The molecule has 0 saturated carbocycles. The summed E-state index contributed by atoms with van der Waals surface area (Å²) < 4.78 is 1.82. The van der Waals surface area contributed by atoms with Crippen LogP contribution in [-0.2, 0) is 13.0 Å². The summed E-state index contributed by atoms with van der Waals surface area (Å²) in [5, 5.41) is 4.46. The third kappa shape index (κ3) is 2.75. The van der Waals surface area contributed by atoms with E-state index < -0.39 is 0 Å². The standard InChI is InChI=1S/C16H20N2O/c1-5-15-12(3)17-18(13(15)4)10-16(19)14-8-6-11(2)7-9-14/h6-9H,5,10H2,1-4H3. The van der Waals surface area contributed by atoms with Crippen LogP contribution < -0.4 is 0 Å². The number of benzene rings is 1. The van der Waals surface area contributed by atoms with Crippen LogP contribution in [0.2, 0.25) is 0 Å². The van der Waals surface area contributed by atoms with E-state index in [-0.39, 0.29) is 5.78 Å². The minimum Gasteiger partial charge on any atom is -0.292 e. The maximum atomic E-state index is 12.2. The molecule has 0 aliphatic heterocycles. The molecule has 1 aromatic heterocycles. The smallest absolute Gasteiger partial charge is 0.184 e. The third-order valence-electron chi connectivity index (χ3n) is 3.55. The highest BCUT2D eigenvalue weighted by Gasteiger charge is 2.13. The van der Waals surface area contributed by atoms with E-state index in [4.69, 9.17) is 0 Å². The van der Waals surface area contributed by atoms with Gasteiger partial charge < -0.3 is 0 Å². The van der Waals surface area contributed by atoms with E-state index in [1.807, 2.05) is 49.7 Å². The van der Waals surface area contributed by atoms with Crippen molar-refractivity contribution in [2.75, 3.05) is 0 Å². The minimum absolute atomic E-state index is 0.105. The first-order valence-corrected chi connectivity index (χ1v) is 6.65. The summed E-state index contributed by atoms with van der Waals surface area (Å²) in [7, 11) is 0. The van der Waals surface area contributed by atoms with E-state index in [9.17, 15) is 4.79 Å². The molecule has 1 heterocycles. The molecular weight excluding hydrogens is 236 g/mol. The monoisotopic (exact) mass is 256 g/mol. The Morgan fingerprint density at radius 2 is 1.79 bits per heavy atom. The predicted molar refractivity (Wildman–Crippen MR) is 76.6 cm³/mol. The topological polar surface area (TPSA) is 34.9 Å². The van der Waals surface area contributed by atoms with Gasteiger partial charge in [0.05, 0.1) is 5.69 Å². The number of carbonyl (C=O) groups excluding carboxylic acids is 1. The van der Waals surface area contributed by atoms with Crippen LogP contribution in [-0.4, -0.2) is 15.6 Å². The number of hydrogen-bond acceptors (Lipinski definition) is 2. The second-order valence-corrected chi connectivity index (χ2v) is 4.95. The van der Waals surface area contributed by atoms with Crippen LogP contribution in [0.15, 0.2) is 24.3 Å². The predicted octanol–water partition coefficient (Wildman–Crippen LogP) is 3.25. The fourth-order valence-corrected chi connectivity index (χ4v) is 2.37. The van der Waals surface area contributed by atoms with Gasteiger partial charge in [-0.15, -0.1) is 0 Å². The third-order valence-corrected chi connectivity index (χ3v) is 3.55. The molecule has 0 unspecified atom stereocenters. The Hall–Kier alpha value is -1.90. The van der Waals surface area contributed by atoms with E-state index >= 15 is 0 Å². The number of Topliss-reactive ketones (excluding diaryl/α,β-unsaturated/α-hetero) is 1. The highest BCUT2D eigenvalue weighted by molar-refractivity contribution is 5.95. The molecule has 1 aromatic carbocycles. The molecule has 0 bridgehead atoms. The molecule has 0 saturated heterocycles. The summed E-state index contributed by atoms with van der Waals surface area (Å²) in [5.74, 6) is 0.105. The van der Waals surface area contributed by atoms with E-state index in [2.05, 4.69) is 12.0 Å². The van der Waals surface area contributed by atoms with E-state index in [1.165, 1.54) is 5.56 Å². The number of nitrogens with zero attached hydrogens (tertiary/aromatic N) is 2. The van der Waals surface area contributed by atoms with Crippen molar-refractivity contribution < 1.29 is 4.79 Å². The van der Waals surface area contributed by atoms with Crippen molar-refractivity contribution in [1.29, 1.82) is 0 Å². The van der Waals surface area contributed by atoms with Gasteiger partial charge in [-0.2, -0.15) is 5.10 Å². The van der Waals surface area contributed by atoms with Crippen molar-refractivity contribution in [3.05, 3.63) is 52.3 Å². The van der Waals surface area contributed by atoms with Crippen molar-refractivity contribution in [2.45, 2.75) is 40.7 Å². The lowest BCUT2D eigenvalue weighted by Crippen LogP contribution is -2.13. The molecule has 2 rings (SSSR count). The zero-order chi connectivity index (χ0) is 14.0. The number of ketones is 1. The molecule has 19 heavy (non-hydrogen) atoms. The van der Waals surface area contributed by atoms with Crippen molar-refractivity contribution in [3.8, 4) is 0 Å². The van der Waals surface area contributed by atoms with Gasteiger partial charge in [-0.25, -0.2) is 0 Å². The van der Waals surface area contributed by atoms with Gasteiger partial charge in [-0.3, -0.25) is 9.48 Å². The maximum absolute atomic E-state index is 12.2. The summed E-state index contributed by atoms with van der Waals surface area (Å²) in [4.78, 5) is 12.2. The Bertz CT molecular complexity index is 594. The van der Waals surface area contributed by atoms with Crippen molar-refractivity contribution in [2.24, 2.45) is 0 Å². The number of carbonyl (C=O) groups is 1. The largest absolute Gasteiger partial charge is 0.292 e. The average Bonchev–Trinajstić information content (AvgIpc) is 2.64. The summed E-state index contributed by atoms with van der Waals surface area (Å²) in [5.41, 5.74) is 5.28. The zero-order valence-electron chi connectivity index (χ0n) is 12.0. The number of rotatable bonds is 4. The lowest BCUT2D eigenvalue weighted by molar-refractivity contribution is 0.0966. The van der Waals surface area contributed by atoms with E-state index in [1.54, 1.807) is 0 Å². The summed E-state index contributed by atoms with van der Waals surface area (Å²) in [6, 6.07) is 7.69. The molecule has 2 aromatic rings. The van der Waals surface area contributed by atoms with Gasteiger partial charge in [0.1, 0.15) is 6.54 Å². The number of aryl methyl sites for hydroxylation is 2. The van der Waals surface area contributed by atoms with Crippen molar-refractivity contribution in [3.63, 3.8) is 0 Å². The second-order valence-electron chi connectivity index (χ2n) is 4.95. The number of hydrogen-bond donors (Lipinski definition) is 0. The molecule has 100 valence electrons. The molecule has 0 N–H and O–H groups in total. The van der Waals surface area contributed by atoms with Crippen LogP contribution >= 0.6 is 0 Å². The molecule has 0 spiro atoms. The van der Waals surface area contributed by atoms with Gasteiger partial charge in [-0.05, 0) is 32.8 Å². The summed E-state index contributed by atoms with van der Waals surface area (Å²) in [6.45, 7) is 8.47. The molecule has 3 nitrogen and oxygen atoms in total. The lowest BCUT2D eigenvalue weighted by atomic mass is 10.1. The van der Waals surface area contributed by atoms with Crippen LogP contribution in [0.5, 0.6) is 0 Å². The highest BCUT2D eigenvalue weighted by Crippen LogP contribution is 2.14. The summed E-state index contributed by atoms with van der Waals surface area (Å²) >= 11 is 0. The Morgan fingerprint density at radius 3 is 2.32 bits per heavy atom. The molecule has 0 aliphatic rings. The normalized spacial score (nSPS) is 10.7. The molecule has 0 atom stereocenters. The SMILES string of the molecule is CCc1c(C)nn(CC(=O)c2ccc(C)cc2)c1C. The van der Waals surface area contributed by atoms with Crippen LogP contribution in [0, 0.1) is 20.8 Å². The van der Waals surface area contributed by atoms with E-state index in [0.29, 0.717) is 6.54 Å². The van der Waals surface area contributed by atoms with Gasteiger partial charge in [0.2, 0.25) is 0 Å². The Balaban J connectivity index is 2.22. The first kappa shape index (κ1) is 13.5. The fourth-order valence-electron chi connectivity index (χ4n) is 2.37. The van der Waals surface area contributed by atoms with Gasteiger partial charge in [0, 0.05) is 11.3 Å². The van der Waals surface area contributed by atoms with Crippen molar-refractivity contribution in [1.82, 2.24) is 9.78 Å². The van der Waals surface area contributed by atoms with Crippen LogP contribution in [0.3, 0.4) is 0 Å². The molecular formula is C16H20N2O. The summed E-state index contributed by atoms with van der Waals surface area (Å²) in [6.07, 6.45) is 0.955. The molecule has 0 amide bonds. The lowest BCUT2D eigenvalue weighted by Gasteiger charge is -2.05. The molecule has 3 heteroatoms. The average molecular weight is 256 g/mol. The Morgan fingerprint density at radius 1 is 1.16 bits per heavy atom. The van der Waals surface area contributed by atoms with Gasteiger partial charge in [-0.1, -0.05) is 36.8 Å². The van der Waals surface area contributed by atoms with Crippen molar-refractivity contribution >= 4 is 5.78 Å². The first-order valence-electron chi connectivity index (χ1n) is 6.65. The zero-order valence-corrected chi connectivity index (χ0v) is 12.0. The van der Waals surface area contributed by atoms with Gasteiger partial charge in [0.15, 0.2) is 5.78 Å². The minimum atomic E-state index is 0.105. The molecule has 0 radical (unpaired) electrons. The van der Waals surface area contributed by atoms with Gasteiger partial charge >= 0.3 is 0 Å². The maximum Gasteiger partial charge on any atom is 0.184 e. The molecule has 0 fully saturated rings. The Labute approximate surface area is 114 Å². The van der Waals surface area contributed by atoms with Crippen LogP contribution in [0.25, 0.3) is 0 Å². The Kier molecular flexibility index (Phi) is 3.84. The quantitative estimate of drug-likeness (QED) is 0.787. The van der Waals surface area contributed by atoms with Crippen LogP contribution in [0.1, 0.15) is 39.8 Å². The second kappa shape index (κ2) is 5.39. The highest BCUT2D eigenvalue weighted by atomic mass is 16.1. The van der Waals surface area contributed by atoms with Crippen LogP contribution in [0.4, 0.5) is 0 Å².